The summed E-state index contributed by atoms with van der Waals surface area (Å²) in [6.45, 7) is 5.32. The molecule has 0 radical (unpaired) electrons. The van der Waals surface area contributed by atoms with Gasteiger partial charge < -0.3 is 36.3 Å². The number of ether oxygens (including phenoxy) is 2. The maximum absolute atomic E-state index is 13.3. The van der Waals surface area contributed by atoms with Crippen LogP contribution >= 0.6 is 0 Å². The third-order valence-electron chi connectivity index (χ3n) is 9.45. The third kappa shape index (κ3) is 12.0. The van der Waals surface area contributed by atoms with Gasteiger partial charge in [0.05, 0.1) is 0 Å². The van der Waals surface area contributed by atoms with Crippen molar-refractivity contribution in [2.45, 2.75) is 95.6 Å². The van der Waals surface area contributed by atoms with Gasteiger partial charge in [0.1, 0.15) is 24.8 Å². The molecule has 3 aromatic carbocycles. The Hall–Kier alpha value is -5.44. The second-order valence-electron chi connectivity index (χ2n) is 13.9. The topological polar surface area (TPSA) is 186 Å². The summed E-state index contributed by atoms with van der Waals surface area (Å²) in [7, 11) is 0. The number of aliphatic carboxylic acids is 1. The molecule has 5 rings (SSSR count). The molecule has 0 spiro atoms. The van der Waals surface area contributed by atoms with E-state index >= 15 is 0 Å². The van der Waals surface area contributed by atoms with E-state index in [1.54, 1.807) is 19.1 Å². The molecule has 2 aliphatic rings. The predicted octanol–water partition coefficient (Wildman–Crippen LogP) is 6.07. The number of rotatable bonds is 12. The number of nitrogens with one attached hydrogen (secondary N) is 3. The molecule has 3 amide bonds. The zero-order valence-corrected chi connectivity index (χ0v) is 30.9. The zero-order valence-electron chi connectivity index (χ0n) is 30.9. The monoisotopic (exact) mass is 768 g/mol. The number of nitrogens with two attached hydrogens (primary N) is 1. The molecule has 15 heteroatoms. The van der Waals surface area contributed by atoms with Crippen LogP contribution in [-0.2, 0) is 35.1 Å². The van der Waals surface area contributed by atoms with Crippen LogP contribution in [-0.4, -0.2) is 72.0 Å². The Morgan fingerprint density at radius 2 is 1.36 bits per heavy atom. The first-order chi connectivity index (χ1) is 26.0. The van der Waals surface area contributed by atoms with Crippen molar-refractivity contribution in [2.24, 2.45) is 11.7 Å². The van der Waals surface area contributed by atoms with Gasteiger partial charge in [-0.15, -0.1) is 0 Å². The summed E-state index contributed by atoms with van der Waals surface area (Å²) in [4.78, 5) is 60.8. The van der Waals surface area contributed by atoms with Crippen LogP contribution in [0.1, 0.15) is 75.5 Å². The van der Waals surface area contributed by atoms with Crippen molar-refractivity contribution in [1.82, 2.24) is 10.6 Å². The van der Waals surface area contributed by atoms with Gasteiger partial charge in [0.15, 0.2) is 0 Å². The highest BCUT2D eigenvalue weighted by Gasteiger charge is 2.38. The number of anilines is 1. The highest BCUT2D eigenvalue weighted by Crippen LogP contribution is 2.44. The number of halogens is 3. The Balaban J connectivity index is 0.000000876. The standard InChI is InChI=1S/C38H46N4O6.C2HF3O2/c1-23(2)35(42-38(46)47-22-32-30-13-7-5-11-28(30)29-12-6-8-14-31(29)32)37(45)40-24(3)36(44)41-33-15-9-4-10-25(33)16-21-34(43)48-27-19-17-26(39)18-20-27;3-2(4,5)1(6)7/h4-15,23-24,26-27,32,35H,16-22,39H2,1-3H3,(H,40,45)(H,41,44)(H,42,46);(H,6,7)/t24-,26?,27?,35-;/m0./s1. The van der Waals surface area contributed by atoms with Crippen LogP contribution in [0.15, 0.2) is 72.8 Å². The lowest BCUT2D eigenvalue weighted by Gasteiger charge is -2.26. The van der Waals surface area contributed by atoms with Gasteiger partial charge in [0, 0.05) is 24.1 Å². The Labute approximate surface area is 317 Å². The van der Waals surface area contributed by atoms with Crippen molar-refractivity contribution in [2.75, 3.05) is 11.9 Å². The van der Waals surface area contributed by atoms with E-state index in [0.29, 0.717) is 12.1 Å². The van der Waals surface area contributed by atoms with Crippen molar-refractivity contribution < 1.29 is 51.7 Å². The average molecular weight is 769 g/mol. The number of carboxylic acid groups (broad SMARTS) is 1. The van der Waals surface area contributed by atoms with Gasteiger partial charge in [-0.05, 0) is 78.8 Å². The predicted molar refractivity (Wildman–Crippen MR) is 198 cm³/mol. The molecule has 0 aromatic heterocycles. The highest BCUT2D eigenvalue weighted by molar-refractivity contribution is 5.98. The Kier molecular flexibility index (Phi) is 14.8. The molecule has 296 valence electrons. The smallest absolute Gasteiger partial charge is 0.475 e. The van der Waals surface area contributed by atoms with E-state index in [0.717, 1.165) is 53.5 Å². The molecular formula is C40H47F3N4O8. The molecule has 0 aliphatic heterocycles. The number of alkyl halides is 3. The number of amides is 3. The van der Waals surface area contributed by atoms with Gasteiger partial charge in [-0.3, -0.25) is 14.4 Å². The van der Waals surface area contributed by atoms with Crippen molar-refractivity contribution in [3.8, 4) is 11.1 Å². The Morgan fingerprint density at radius 1 is 0.818 bits per heavy atom. The van der Waals surface area contributed by atoms with Gasteiger partial charge in [-0.2, -0.15) is 13.2 Å². The van der Waals surface area contributed by atoms with Crippen molar-refractivity contribution in [1.29, 1.82) is 0 Å². The van der Waals surface area contributed by atoms with Crippen molar-refractivity contribution in [3.05, 3.63) is 89.5 Å². The molecule has 6 N–H and O–H groups in total. The second-order valence-corrected chi connectivity index (χ2v) is 13.9. The summed E-state index contributed by atoms with van der Waals surface area (Å²) in [5, 5.41) is 15.4. The van der Waals surface area contributed by atoms with E-state index in [2.05, 4.69) is 28.1 Å². The van der Waals surface area contributed by atoms with Crippen molar-refractivity contribution >= 4 is 35.5 Å². The molecule has 0 bridgehead atoms. The van der Waals surface area contributed by atoms with Crippen LogP contribution in [0.2, 0.25) is 0 Å². The molecule has 3 aromatic rings. The first kappa shape index (κ1) is 42.3. The van der Waals surface area contributed by atoms with Crippen LogP contribution in [0.3, 0.4) is 0 Å². The van der Waals surface area contributed by atoms with Crippen molar-refractivity contribution in [3.63, 3.8) is 0 Å². The van der Waals surface area contributed by atoms with E-state index in [4.69, 9.17) is 25.1 Å². The fraction of sp³-hybridized carbons (Fsp3) is 0.425. The molecule has 0 heterocycles. The van der Waals surface area contributed by atoms with Crippen LogP contribution < -0.4 is 21.7 Å². The number of benzene rings is 3. The molecule has 0 unspecified atom stereocenters. The minimum Gasteiger partial charge on any atom is -0.475 e. The number of fused-ring (bicyclic) bond motifs is 3. The first-order valence-electron chi connectivity index (χ1n) is 18.1. The molecular weight excluding hydrogens is 721 g/mol. The minimum atomic E-state index is -5.08. The lowest BCUT2D eigenvalue weighted by Crippen LogP contribution is -2.53. The lowest BCUT2D eigenvalue weighted by atomic mass is 9.94. The van der Waals surface area contributed by atoms with Gasteiger partial charge in [-0.1, -0.05) is 80.6 Å². The number of aryl methyl sites for hydroxylation is 1. The number of hydrogen-bond acceptors (Lipinski definition) is 8. The van der Waals surface area contributed by atoms with Gasteiger partial charge >= 0.3 is 24.2 Å². The Bertz CT molecular complexity index is 1780. The minimum absolute atomic E-state index is 0.0926. The van der Waals surface area contributed by atoms with Gasteiger partial charge in [-0.25, -0.2) is 9.59 Å². The van der Waals surface area contributed by atoms with Crippen LogP contribution in [0.25, 0.3) is 11.1 Å². The number of esters is 1. The maximum atomic E-state index is 13.3. The van der Waals surface area contributed by atoms with E-state index in [-0.39, 0.29) is 43.0 Å². The van der Waals surface area contributed by atoms with E-state index < -0.39 is 42.1 Å². The quantitative estimate of drug-likeness (QED) is 0.136. The third-order valence-corrected chi connectivity index (χ3v) is 9.45. The Morgan fingerprint density at radius 3 is 1.93 bits per heavy atom. The molecule has 2 atom stereocenters. The van der Waals surface area contributed by atoms with Crippen LogP contribution in [0.5, 0.6) is 0 Å². The molecule has 0 saturated heterocycles. The summed E-state index contributed by atoms with van der Waals surface area (Å²) in [5.74, 6) is -4.34. The fourth-order valence-electron chi connectivity index (χ4n) is 6.46. The summed E-state index contributed by atoms with van der Waals surface area (Å²) in [6.07, 6.45) is -2.05. The number of alkyl carbamates (subject to hydrolysis) is 1. The fourth-order valence-corrected chi connectivity index (χ4v) is 6.46. The summed E-state index contributed by atoms with van der Waals surface area (Å²) < 4.78 is 43.0. The molecule has 2 aliphatic carbocycles. The number of para-hydroxylation sites is 1. The van der Waals surface area contributed by atoms with Gasteiger partial charge in [0.2, 0.25) is 11.8 Å². The molecule has 55 heavy (non-hydrogen) atoms. The second kappa shape index (κ2) is 19.2. The summed E-state index contributed by atoms with van der Waals surface area (Å²) in [6, 6.07) is 21.7. The lowest BCUT2D eigenvalue weighted by molar-refractivity contribution is -0.192. The largest absolute Gasteiger partial charge is 0.490 e. The van der Waals surface area contributed by atoms with E-state index in [9.17, 15) is 32.3 Å². The normalized spacial score (nSPS) is 17.3. The maximum Gasteiger partial charge on any atom is 0.490 e. The van der Waals surface area contributed by atoms with Crippen LogP contribution in [0, 0.1) is 5.92 Å². The number of carboxylic acids is 1. The van der Waals surface area contributed by atoms with Gasteiger partial charge in [0.25, 0.3) is 0 Å². The zero-order chi connectivity index (χ0) is 40.3. The van der Waals surface area contributed by atoms with E-state index in [1.807, 2.05) is 62.4 Å². The summed E-state index contributed by atoms with van der Waals surface area (Å²) >= 11 is 0. The van der Waals surface area contributed by atoms with E-state index in [1.165, 1.54) is 0 Å². The number of carbonyl (C=O) groups is 5. The SMILES string of the molecule is CC(C)[C@H](NC(=O)OCC1c2ccccc2-c2ccccc21)C(=O)N[C@@H](C)C(=O)Nc1ccccc1CCC(=O)OC1CCC(N)CC1.O=C(O)C(F)(F)F. The van der Waals surface area contributed by atoms with Crippen LogP contribution in [0.4, 0.5) is 23.7 Å². The average Bonchev–Trinajstić information content (AvgIpc) is 3.46. The first-order valence-corrected chi connectivity index (χ1v) is 18.1. The number of carbonyl (C=O) groups excluding carboxylic acids is 4. The highest BCUT2D eigenvalue weighted by atomic mass is 19.4. The molecule has 1 saturated carbocycles. The molecule has 12 nitrogen and oxygen atoms in total. The summed E-state index contributed by atoms with van der Waals surface area (Å²) in [5.41, 5.74) is 11.7. The number of hydrogen-bond donors (Lipinski definition) is 5. The molecule has 1 fully saturated rings.